The highest BCUT2D eigenvalue weighted by Crippen LogP contribution is 2.07. The number of benzene rings is 1. The third-order valence-corrected chi connectivity index (χ3v) is 3.80. The molecule has 0 radical (unpaired) electrons. The summed E-state index contributed by atoms with van der Waals surface area (Å²) < 4.78 is 1.65. The van der Waals surface area contributed by atoms with Crippen molar-refractivity contribution in [3.8, 4) is 0 Å². The summed E-state index contributed by atoms with van der Waals surface area (Å²) in [5, 5.41) is 2.86. The van der Waals surface area contributed by atoms with Gasteiger partial charge < -0.3 is 15.6 Å². The molecule has 1 aromatic carbocycles. The van der Waals surface area contributed by atoms with Crippen LogP contribution in [0.3, 0.4) is 0 Å². The standard InChI is InChI=1S/C19H25N3O2/c1-14(2)11-17(20)19(24)21-12-15-6-8-16(9-7-15)13-22-10-4-3-5-18(22)23/h3-10,14,17H,11-13,20H2,1-2H3,(H,21,24)/t17-/m0/s1. The van der Waals surface area contributed by atoms with Crippen molar-refractivity contribution in [2.75, 3.05) is 0 Å². The Morgan fingerprint density at radius 1 is 1.12 bits per heavy atom. The summed E-state index contributed by atoms with van der Waals surface area (Å²) in [5.74, 6) is 0.273. The number of nitrogens with zero attached hydrogens (tertiary/aromatic N) is 1. The second-order valence-electron chi connectivity index (χ2n) is 6.44. The summed E-state index contributed by atoms with van der Waals surface area (Å²) >= 11 is 0. The Morgan fingerprint density at radius 2 is 1.79 bits per heavy atom. The molecule has 3 N–H and O–H groups in total. The predicted octanol–water partition coefficient (Wildman–Crippen LogP) is 1.89. The zero-order valence-electron chi connectivity index (χ0n) is 14.2. The van der Waals surface area contributed by atoms with Crippen LogP contribution < -0.4 is 16.6 Å². The SMILES string of the molecule is CC(C)C[C@H](N)C(=O)NCc1ccc(Cn2ccccc2=O)cc1. The molecule has 0 spiro atoms. The Balaban J connectivity index is 1.89. The van der Waals surface area contributed by atoms with E-state index in [0.717, 1.165) is 11.1 Å². The maximum absolute atomic E-state index is 11.9. The lowest BCUT2D eigenvalue weighted by Crippen LogP contribution is -2.41. The molecule has 128 valence electrons. The van der Waals surface area contributed by atoms with Crippen molar-refractivity contribution < 1.29 is 4.79 Å². The smallest absolute Gasteiger partial charge is 0.250 e. The van der Waals surface area contributed by atoms with Gasteiger partial charge in [0.05, 0.1) is 12.6 Å². The number of hydrogen-bond donors (Lipinski definition) is 2. The Morgan fingerprint density at radius 3 is 2.42 bits per heavy atom. The number of carbonyl (C=O) groups is 1. The molecule has 0 aliphatic carbocycles. The van der Waals surface area contributed by atoms with Gasteiger partial charge in [-0.15, -0.1) is 0 Å². The van der Waals surface area contributed by atoms with Crippen LogP contribution in [0.25, 0.3) is 0 Å². The van der Waals surface area contributed by atoms with Gasteiger partial charge in [0.2, 0.25) is 5.91 Å². The minimum Gasteiger partial charge on any atom is -0.351 e. The minimum absolute atomic E-state index is 0.0204. The van der Waals surface area contributed by atoms with Crippen LogP contribution in [0.1, 0.15) is 31.4 Å². The van der Waals surface area contributed by atoms with E-state index in [-0.39, 0.29) is 11.5 Å². The normalized spacial score (nSPS) is 12.2. The number of nitrogens with two attached hydrogens (primary N) is 1. The van der Waals surface area contributed by atoms with Crippen LogP contribution in [0.15, 0.2) is 53.5 Å². The molecule has 2 rings (SSSR count). The first-order valence-electron chi connectivity index (χ1n) is 8.22. The average molecular weight is 327 g/mol. The first-order valence-corrected chi connectivity index (χ1v) is 8.22. The van der Waals surface area contributed by atoms with E-state index < -0.39 is 6.04 Å². The van der Waals surface area contributed by atoms with Gasteiger partial charge in [0.15, 0.2) is 0 Å². The third kappa shape index (κ3) is 5.35. The number of pyridine rings is 1. The van der Waals surface area contributed by atoms with Crippen molar-refractivity contribution in [1.82, 2.24) is 9.88 Å². The van der Waals surface area contributed by atoms with Gasteiger partial charge in [-0.05, 0) is 29.5 Å². The lowest BCUT2D eigenvalue weighted by Gasteiger charge is -2.14. The number of aromatic nitrogens is 1. The molecule has 5 nitrogen and oxygen atoms in total. The molecule has 0 fully saturated rings. The second kappa shape index (κ2) is 8.45. The van der Waals surface area contributed by atoms with Gasteiger partial charge in [-0.2, -0.15) is 0 Å². The molecule has 0 aliphatic rings. The zero-order valence-corrected chi connectivity index (χ0v) is 14.2. The summed E-state index contributed by atoms with van der Waals surface area (Å²) in [5.41, 5.74) is 7.88. The van der Waals surface area contributed by atoms with Gasteiger partial charge in [-0.1, -0.05) is 44.2 Å². The lowest BCUT2D eigenvalue weighted by molar-refractivity contribution is -0.122. The van der Waals surface area contributed by atoms with Crippen LogP contribution in [-0.2, 0) is 17.9 Å². The van der Waals surface area contributed by atoms with Gasteiger partial charge >= 0.3 is 0 Å². The zero-order chi connectivity index (χ0) is 17.5. The van der Waals surface area contributed by atoms with E-state index >= 15 is 0 Å². The van der Waals surface area contributed by atoms with E-state index in [1.165, 1.54) is 0 Å². The molecule has 1 heterocycles. The first kappa shape index (κ1) is 17.9. The van der Waals surface area contributed by atoms with E-state index in [9.17, 15) is 9.59 Å². The fourth-order valence-electron chi connectivity index (χ4n) is 2.49. The molecule has 1 aromatic heterocycles. The van der Waals surface area contributed by atoms with Crippen molar-refractivity contribution in [2.24, 2.45) is 11.7 Å². The fraction of sp³-hybridized carbons (Fsp3) is 0.368. The van der Waals surface area contributed by atoms with Gasteiger partial charge in [0.1, 0.15) is 0 Å². The van der Waals surface area contributed by atoms with Gasteiger partial charge in [-0.25, -0.2) is 0 Å². The van der Waals surface area contributed by atoms with Crippen molar-refractivity contribution in [3.05, 3.63) is 70.1 Å². The van der Waals surface area contributed by atoms with Crippen molar-refractivity contribution in [2.45, 2.75) is 39.4 Å². The van der Waals surface area contributed by atoms with Crippen molar-refractivity contribution >= 4 is 5.91 Å². The molecule has 0 unspecified atom stereocenters. The molecule has 24 heavy (non-hydrogen) atoms. The maximum Gasteiger partial charge on any atom is 0.250 e. The van der Waals surface area contributed by atoms with Crippen LogP contribution in [0, 0.1) is 5.92 Å². The van der Waals surface area contributed by atoms with E-state index in [2.05, 4.69) is 5.32 Å². The molecule has 0 bridgehead atoms. The Hall–Kier alpha value is -2.40. The van der Waals surface area contributed by atoms with Crippen LogP contribution in [0.5, 0.6) is 0 Å². The largest absolute Gasteiger partial charge is 0.351 e. The maximum atomic E-state index is 11.9. The highest BCUT2D eigenvalue weighted by Gasteiger charge is 2.14. The van der Waals surface area contributed by atoms with E-state index in [0.29, 0.717) is 25.4 Å². The first-order chi connectivity index (χ1) is 11.5. The van der Waals surface area contributed by atoms with Crippen LogP contribution in [-0.4, -0.2) is 16.5 Å². The number of nitrogens with one attached hydrogen (secondary N) is 1. The highest BCUT2D eigenvalue weighted by atomic mass is 16.2. The van der Waals surface area contributed by atoms with Crippen LogP contribution >= 0.6 is 0 Å². The third-order valence-electron chi connectivity index (χ3n) is 3.80. The second-order valence-corrected chi connectivity index (χ2v) is 6.44. The van der Waals surface area contributed by atoms with Crippen molar-refractivity contribution in [3.63, 3.8) is 0 Å². The molecule has 2 aromatic rings. The summed E-state index contributed by atoms with van der Waals surface area (Å²) in [6.07, 6.45) is 2.45. The fourth-order valence-corrected chi connectivity index (χ4v) is 2.49. The summed E-state index contributed by atoms with van der Waals surface area (Å²) in [6, 6.07) is 12.5. The summed E-state index contributed by atoms with van der Waals surface area (Å²) in [6.45, 7) is 5.08. The highest BCUT2D eigenvalue weighted by molar-refractivity contribution is 5.81. The summed E-state index contributed by atoms with van der Waals surface area (Å²) in [4.78, 5) is 23.6. The monoisotopic (exact) mass is 327 g/mol. The average Bonchev–Trinajstić information content (AvgIpc) is 2.55. The Labute approximate surface area is 142 Å². The van der Waals surface area contributed by atoms with Gasteiger partial charge in [0.25, 0.3) is 5.56 Å². The number of carbonyl (C=O) groups excluding carboxylic acids is 1. The topological polar surface area (TPSA) is 77.1 Å². The molecule has 1 amide bonds. The van der Waals surface area contributed by atoms with Gasteiger partial charge in [-0.3, -0.25) is 9.59 Å². The van der Waals surface area contributed by atoms with E-state index in [1.54, 1.807) is 22.9 Å². The molecule has 1 atom stereocenters. The molecule has 0 aliphatic heterocycles. The minimum atomic E-state index is -0.464. The molecular weight excluding hydrogens is 302 g/mol. The van der Waals surface area contributed by atoms with Gasteiger partial charge in [0, 0.05) is 18.8 Å². The molecule has 5 heteroatoms. The van der Waals surface area contributed by atoms with Crippen molar-refractivity contribution in [1.29, 1.82) is 0 Å². The Bertz CT molecular complexity index is 720. The summed E-state index contributed by atoms with van der Waals surface area (Å²) in [7, 11) is 0. The Kier molecular flexibility index (Phi) is 6.32. The van der Waals surface area contributed by atoms with Crippen LogP contribution in [0.2, 0.25) is 0 Å². The number of hydrogen-bond acceptors (Lipinski definition) is 3. The number of amides is 1. The quantitative estimate of drug-likeness (QED) is 0.815. The number of rotatable bonds is 7. The van der Waals surface area contributed by atoms with E-state index in [4.69, 9.17) is 5.73 Å². The lowest BCUT2D eigenvalue weighted by atomic mass is 10.0. The molecular formula is C19H25N3O2. The molecule has 0 saturated heterocycles. The molecule has 0 saturated carbocycles. The van der Waals surface area contributed by atoms with E-state index in [1.807, 2.05) is 44.2 Å². The van der Waals surface area contributed by atoms with Crippen LogP contribution in [0.4, 0.5) is 0 Å². The predicted molar refractivity (Wildman–Crippen MR) is 95.5 cm³/mol.